The lowest BCUT2D eigenvalue weighted by Gasteiger charge is -2.35. The fourth-order valence-corrected chi connectivity index (χ4v) is 14.5. The molecule has 0 fully saturated rings. The highest BCUT2D eigenvalue weighted by molar-refractivity contribution is 7.10. The van der Waals surface area contributed by atoms with E-state index in [4.69, 9.17) is 4.98 Å². The van der Waals surface area contributed by atoms with E-state index >= 15 is 0 Å². The molecule has 12 aromatic rings. The van der Waals surface area contributed by atoms with Crippen molar-refractivity contribution in [2.75, 3.05) is 0 Å². The maximum atomic E-state index is 5.84. The number of para-hydroxylation sites is 5. The number of rotatable bonds is 6. The molecule has 0 radical (unpaired) electrons. The molecule has 4 aromatic heterocycles. The van der Waals surface area contributed by atoms with Gasteiger partial charge in [0.15, 0.2) is 0 Å². The van der Waals surface area contributed by atoms with E-state index in [1.807, 2.05) is 0 Å². The van der Waals surface area contributed by atoms with Crippen molar-refractivity contribution in [1.29, 1.82) is 0 Å². The van der Waals surface area contributed by atoms with Crippen LogP contribution in [-0.4, -0.2) is 26.6 Å². The number of nitrogens with zero attached hydrogens (tertiary/aromatic N) is 4. The zero-order valence-corrected chi connectivity index (χ0v) is 32.6. The van der Waals surface area contributed by atoms with Gasteiger partial charge in [0.2, 0.25) is 0 Å². The summed E-state index contributed by atoms with van der Waals surface area (Å²) in [5, 5.41) is 11.0. The van der Waals surface area contributed by atoms with Gasteiger partial charge in [-0.3, -0.25) is 4.57 Å². The second kappa shape index (κ2) is 12.8. The molecule has 0 atom stereocenters. The van der Waals surface area contributed by atoms with Gasteiger partial charge >= 0.3 is 0 Å². The van der Waals surface area contributed by atoms with Crippen LogP contribution < -0.4 is 15.7 Å². The summed E-state index contributed by atoms with van der Waals surface area (Å²) in [5.41, 5.74) is 8.23. The van der Waals surface area contributed by atoms with Gasteiger partial charge < -0.3 is 8.80 Å². The molecule has 12 rings (SSSR count). The Bertz CT molecular complexity index is 3380. The maximum Gasteiger partial charge on any atom is 0.276 e. The third-order valence-corrected chi connectivity index (χ3v) is 16.6. The van der Waals surface area contributed by atoms with E-state index in [1.54, 1.807) is 0 Å². The van der Waals surface area contributed by atoms with E-state index in [-0.39, 0.29) is 0 Å². The normalized spacial score (nSPS) is 12.1. The van der Waals surface area contributed by atoms with E-state index in [0.29, 0.717) is 0 Å². The number of pyridine rings is 1. The van der Waals surface area contributed by atoms with Crippen LogP contribution in [0.4, 0.5) is 0 Å². The molecule has 5 heteroatoms. The van der Waals surface area contributed by atoms with Crippen LogP contribution in [0, 0.1) is 0 Å². The Hall–Kier alpha value is -7.47. The Balaban J connectivity index is 1.20. The van der Waals surface area contributed by atoms with E-state index in [2.05, 4.69) is 232 Å². The average Bonchev–Trinajstić information content (AvgIpc) is 3.94. The zero-order chi connectivity index (χ0) is 38.2. The lowest BCUT2D eigenvalue weighted by Crippen LogP contribution is -2.73. The molecule has 0 unspecified atom stereocenters. The predicted molar refractivity (Wildman–Crippen MR) is 245 cm³/mol. The van der Waals surface area contributed by atoms with Crippen LogP contribution in [0.25, 0.3) is 76.9 Å². The zero-order valence-electron chi connectivity index (χ0n) is 31.6. The summed E-state index contributed by atoms with van der Waals surface area (Å²) in [5.74, 6) is 0.910. The number of aromatic nitrogens is 4. The van der Waals surface area contributed by atoms with Crippen LogP contribution in [0.5, 0.6) is 0 Å². The number of hydrogen-bond donors (Lipinski definition) is 0. The first-order valence-corrected chi connectivity index (χ1v) is 21.8. The molecule has 0 saturated heterocycles. The molecule has 0 saturated carbocycles. The van der Waals surface area contributed by atoms with Crippen molar-refractivity contribution >= 4 is 89.3 Å². The topological polar surface area (TPSA) is 27.7 Å². The van der Waals surface area contributed by atoms with E-state index < -0.39 is 8.24 Å². The molecule has 0 aliphatic heterocycles. The number of benzene rings is 8. The van der Waals surface area contributed by atoms with Crippen molar-refractivity contribution in [2.24, 2.45) is 0 Å². The van der Waals surface area contributed by atoms with Crippen molar-refractivity contribution in [1.82, 2.24) is 18.4 Å². The van der Waals surface area contributed by atoms with Crippen LogP contribution in [0.3, 0.4) is 0 Å². The first kappa shape index (κ1) is 32.7. The molecule has 58 heavy (non-hydrogen) atoms. The highest BCUT2D eigenvalue weighted by atomic mass is 28.3. The van der Waals surface area contributed by atoms with Crippen molar-refractivity contribution in [3.8, 4) is 11.5 Å². The van der Waals surface area contributed by atoms with Crippen molar-refractivity contribution in [2.45, 2.75) is 0 Å². The summed E-state index contributed by atoms with van der Waals surface area (Å²) in [6.45, 7) is 0. The first-order valence-electron chi connectivity index (χ1n) is 19.9. The molecule has 272 valence electrons. The Kier molecular flexibility index (Phi) is 7.21. The van der Waals surface area contributed by atoms with Gasteiger partial charge in [0.25, 0.3) is 8.24 Å². The van der Waals surface area contributed by atoms with E-state index in [0.717, 1.165) is 27.9 Å². The molecule has 4 nitrogen and oxygen atoms in total. The molecular weight excluding hydrogens is 721 g/mol. The quantitative estimate of drug-likeness (QED) is 0.155. The minimum Gasteiger partial charge on any atom is -0.354 e. The SMILES string of the molecule is c1ccc([Si](c2ccccc2)(c2cccc(-n3c4ccccc4c4ccccc43)n2)n2c3ccccc3c3cc(-n4c5ccccc5c5ccccc54)ccc32)cc1. The lowest BCUT2D eigenvalue weighted by atomic mass is 10.1. The van der Waals surface area contributed by atoms with Gasteiger partial charge in [-0.05, 0) is 71.0 Å². The number of hydrogen-bond acceptors (Lipinski definition) is 1. The highest BCUT2D eigenvalue weighted by Gasteiger charge is 2.46. The van der Waals surface area contributed by atoms with Gasteiger partial charge in [0.1, 0.15) is 5.82 Å². The van der Waals surface area contributed by atoms with Crippen LogP contribution in [0.2, 0.25) is 0 Å². The second-order valence-electron chi connectivity index (χ2n) is 15.1. The van der Waals surface area contributed by atoms with Gasteiger partial charge in [0, 0.05) is 49.0 Å². The molecule has 4 heterocycles. The fraction of sp³-hybridized carbons (Fsp3) is 0. The average molecular weight is 757 g/mol. The summed E-state index contributed by atoms with van der Waals surface area (Å²) in [6.07, 6.45) is 0. The third kappa shape index (κ3) is 4.59. The van der Waals surface area contributed by atoms with Crippen LogP contribution in [-0.2, 0) is 0 Å². The summed E-state index contributed by atoms with van der Waals surface area (Å²) in [4.78, 5) is 5.84. The molecular formula is C53H36N4Si. The summed E-state index contributed by atoms with van der Waals surface area (Å²) < 4.78 is 7.45. The molecule has 8 aromatic carbocycles. The Morgan fingerprint density at radius 2 is 0.724 bits per heavy atom. The second-order valence-corrected chi connectivity index (χ2v) is 18.7. The van der Waals surface area contributed by atoms with Gasteiger partial charge in [-0.25, -0.2) is 4.98 Å². The van der Waals surface area contributed by atoms with Crippen LogP contribution >= 0.6 is 0 Å². The molecule has 0 amide bonds. The molecule has 0 bridgehead atoms. The predicted octanol–water partition coefficient (Wildman–Crippen LogP) is 10.9. The van der Waals surface area contributed by atoms with Crippen molar-refractivity contribution in [3.05, 3.63) is 218 Å². The largest absolute Gasteiger partial charge is 0.354 e. The highest BCUT2D eigenvalue weighted by Crippen LogP contribution is 2.37. The Labute approximate surface area is 336 Å². The molecule has 0 N–H and O–H groups in total. The minimum atomic E-state index is -3.24. The molecule has 0 aliphatic carbocycles. The monoisotopic (exact) mass is 756 g/mol. The summed E-state index contributed by atoms with van der Waals surface area (Å²) in [7, 11) is -3.24. The Morgan fingerprint density at radius 3 is 1.24 bits per heavy atom. The summed E-state index contributed by atoms with van der Waals surface area (Å²) >= 11 is 0. The van der Waals surface area contributed by atoms with Gasteiger partial charge in [-0.15, -0.1) is 0 Å². The van der Waals surface area contributed by atoms with E-state index in [9.17, 15) is 0 Å². The van der Waals surface area contributed by atoms with Gasteiger partial charge in [-0.2, -0.15) is 0 Å². The van der Waals surface area contributed by atoms with Crippen molar-refractivity contribution < 1.29 is 0 Å². The molecule has 0 spiro atoms. The van der Waals surface area contributed by atoms with Gasteiger partial charge in [-0.1, -0.05) is 158 Å². The van der Waals surface area contributed by atoms with Gasteiger partial charge in [0.05, 0.1) is 27.4 Å². The van der Waals surface area contributed by atoms with Crippen LogP contribution in [0.1, 0.15) is 0 Å². The molecule has 0 aliphatic rings. The minimum absolute atomic E-state index is 0.910. The van der Waals surface area contributed by atoms with E-state index in [1.165, 1.54) is 64.8 Å². The Morgan fingerprint density at radius 1 is 0.310 bits per heavy atom. The van der Waals surface area contributed by atoms with Crippen LogP contribution in [0.15, 0.2) is 218 Å². The number of fused-ring (bicyclic) bond motifs is 9. The maximum absolute atomic E-state index is 5.84. The summed E-state index contributed by atoms with van der Waals surface area (Å²) in [6, 6.07) is 79.8. The lowest BCUT2D eigenvalue weighted by molar-refractivity contribution is 1.09. The standard InChI is InChI=1S/C53H36N4Si/c1-3-18-38(19-4-1)58(39-20-5-2-6-21-39,53-33-17-32-52(54-53)56-48-29-14-9-24-42(48)43-25-10-15-30-49(43)56)57-50-31-16-11-26-44(50)45-36-37(34-35-51(45)57)55-46-27-12-7-22-40(46)41-23-8-13-28-47(41)55/h1-36H. The first-order chi connectivity index (χ1) is 28.8. The smallest absolute Gasteiger partial charge is 0.276 e. The fourth-order valence-electron chi connectivity index (χ4n) is 9.77. The van der Waals surface area contributed by atoms with Crippen molar-refractivity contribution in [3.63, 3.8) is 0 Å². The third-order valence-electron chi connectivity index (χ3n) is 12.1.